The van der Waals surface area contributed by atoms with Crippen LogP contribution in [0.15, 0.2) is 0 Å². The van der Waals surface area contributed by atoms with Crippen molar-refractivity contribution in [2.45, 2.75) is 50.7 Å². The first-order valence-electron chi connectivity index (χ1n) is 7.75. The highest BCUT2D eigenvalue weighted by molar-refractivity contribution is 5.85. The molecule has 0 heterocycles. The molecular formula is C15H27ClN2O2. The number of methoxy groups -OCH3 is 1. The van der Waals surface area contributed by atoms with Crippen LogP contribution in [-0.2, 0) is 9.53 Å². The molecule has 6 atom stereocenters. The van der Waals surface area contributed by atoms with Crippen molar-refractivity contribution in [3.05, 3.63) is 0 Å². The monoisotopic (exact) mass is 302 g/mol. The van der Waals surface area contributed by atoms with Crippen molar-refractivity contribution < 1.29 is 9.53 Å². The number of nitrogens with one attached hydrogen (secondary N) is 1. The molecule has 0 radical (unpaired) electrons. The van der Waals surface area contributed by atoms with E-state index in [1.54, 1.807) is 7.11 Å². The average molecular weight is 303 g/mol. The van der Waals surface area contributed by atoms with E-state index in [1.165, 1.54) is 32.1 Å². The maximum Gasteiger partial charge on any atom is 0.222 e. The van der Waals surface area contributed by atoms with E-state index in [1.807, 2.05) is 0 Å². The number of carbonyl (C=O) groups is 1. The van der Waals surface area contributed by atoms with Crippen molar-refractivity contribution in [1.29, 1.82) is 0 Å². The van der Waals surface area contributed by atoms with Crippen molar-refractivity contribution in [3.63, 3.8) is 0 Å². The van der Waals surface area contributed by atoms with Gasteiger partial charge in [0.25, 0.3) is 0 Å². The van der Waals surface area contributed by atoms with Crippen LogP contribution in [0.2, 0.25) is 0 Å². The maximum atomic E-state index is 12.0. The van der Waals surface area contributed by atoms with Gasteiger partial charge >= 0.3 is 0 Å². The SMILES string of the molecule is COC(CN)CC(=O)NC1CC2CC1C1CCCC21.Cl. The summed E-state index contributed by atoms with van der Waals surface area (Å²) in [6.45, 7) is 0.408. The largest absolute Gasteiger partial charge is 0.380 e. The van der Waals surface area contributed by atoms with Gasteiger partial charge in [-0.2, -0.15) is 0 Å². The highest BCUT2D eigenvalue weighted by atomic mass is 35.5. The summed E-state index contributed by atoms with van der Waals surface area (Å²) in [7, 11) is 1.62. The zero-order chi connectivity index (χ0) is 13.4. The van der Waals surface area contributed by atoms with Gasteiger partial charge in [-0.1, -0.05) is 6.42 Å². The van der Waals surface area contributed by atoms with Crippen molar-refractivity contribution in [2.24, 2.45) is 29.4 Å². The normalized spacial score (nSPS) is 39.2. The van der Waals surface area contributed by atoms with Gasteiger partial charge in [-0.25, -0.2) is 0 Å². The Kier molecular flexibility index (Phi) is 5.32. The molecule has 3 N–H and O–H groups in total. The molecule has 116 valence electrons. The Morgan fingerprint density at radius 2 is 2.05 bits per heavy atom. The molecule has 3 fully saturated rings. The smallest absolute Gasteiger partial charge is 0.222 e. The number of nitrogens with two attached hydrogens (primary N) is 1. The lowest BCUT2D eigenvalue weighted by atomic mass is 9.79. The molecule has 0 aromatic heterocycles. The molecule has 0 spiro atoms. The van der Waals surface area contributed by atoms with Crippen molar-refractivity contribution >= 4 is 18.3 Å². The van der Waals surface area contributed by atoms with Gasteiger partial charge in [-0.05, 0) is 49.4 Å². The van der Waals surface area contributed by atoms with Crippen LogP contribution in [0.5, 0.6) is 0 Å². The third-order valence-electron chi connectivity index (χ3n) is 5.78. The number of ether oxygens (including phenoxy) is 1. The Bertz CT molecular complexity index is 349. The molecule has 0 saturated heterocycles. The van der Waals surface area contributed by atoms with Crippen LogP contribution in [0.4, 0.5) is 0 Å². The summed E-state index contributed by atoms with van der Waals surface area (Å²) in [5.74, 6) is 3.63. The van der Waals surface area contributed by atoms with Crippen LogP contribution in [0.3, 0.4) is 0 Å². The molecule has 2 bridgehead atoms. The fraction of sp³-hybridized carbons (Fsp3) is 0.933. The van der Waals surface area contributed by atoms with E-state index in [4.69, 9.17) is 10.5 Å². The maximum absolute atomic E-state index is 12.0. The van der Waals surface area contributed by atoms with E-state index in [0.717, 1.165) is 23.7 Å². The highest BCUT2D eigenvalue weighted by Crippen LogP contribution is 2.58. The summed E-state index contributed by atoms with van der Waals surface area (Å²) in [6, 6.07) is 0.423. The summed E-state index contributed by atoms with van der Waals surface area (Å²) < 4.78 is 5.18. The van der Waals surface area contributed by atoms with Gasteiger partial charge in [0.1, 0.15) is 0 Å². The van der Waals surface area contributed by atoms with Gasteiger partial charge in [-0.3, -0.25) is 4.79 Å². The number of amides is 1. The van der Waals surface area contributed by atoms with Gasteiger partial charge in [0, 0.05) is 19.7 Å². The molecule has 1 amide bonds. The van der Waals surface area contributed by atoms with Crippen LogP contribution in [0.25, 0.3) is 0 Å². The molecule has 3 saturated carbocycles. The number of halogens is 1. The topological polar surface area (TPSA) is 64.3 Å². The summed E-state index contributed by atoms with van der Waals surface area (Å²) >= 11 is 0. The minimum Gasteiger partial charge on any atom is -0.380 e. The van der Waals surface area contributed by atoms with Crippen LogP contribution in [0.1, 0.15) is 38.5 Å². The summed E-state index contributed by atoms with van der Waals surface area (Å²) in [6.07, 6.45) is 7.05. The molecule has 3 aliphatic carbocycles. The lowest BCUT2D eigenvalue weighted by Crippen LogP contribution is -2.44. The van der Waals surface area contributed by atoms with E-state index >= 15 is 0 Å². The second-order valence-electron chi connectivity index (χ2n) is 6.63. The van der Waals surface area contributed by atoms with Crippen LogP contribution < -0.4 is 11.1 Å². The molecule has 3 rings (SSSR count). The lowest BCUT2D eigenvalue weighted by Gasteiger charge is -2.32. The Morgan fingerprint density at radius 3 is 2.75 bits per heavy atom. The Labute approximate surface area is 127 Å². The fourth-order valence-corrected chi connectivity index (χ4v) is 4.97. The van der Waals surface area contributed by atoms with Crippen LogP contribution >= 0.6 is 12.4 Å². The number of rotatable bonds is 5. The van der Waals surface area contributed by atoms with Gasteiger partial charge < -0.3 is 15.8 Å². The minimum atomic E-state index is -0.141. The van der Waals surface area contributed by atoms with Gasteiger partial charge in [0.15, 0.2) is 0 Å². The zero-order valence-corrected chi connectivity index (χ0v) is 13.0. The standard InChI is InChI=1S/C15H26N2O2.ClH/c1-19-10(8-16)7-15(18)17-14-6-9-5-13(14)12-4-2-3-11(9)12;/h9-14H,2-8,16H2,1H3,(H,17,18);1H. The summed E-state index contributed by atoms with van der Waals surface area (Å²) in [5, 5.41) is 3.25. The summed E-state index contributed by atoms with van der Waals surface area (Å²) in [5.41, 5.74) is 5.57. The van der Waals surface area contributed by atoms with Crippen molar-refractivity contribution in [1.82, 2.24) is 5.32 Å². The molecule has 0 aromatic carbocycles. The average Bonchev–Trinajstić information content (AvgIpc) is 3.07. The van der Waals surface area contributed by atoms with Gasteiger partial charge in [0.2, 0.25) is 5.91 Å². The molecule has 4 nitrogen and oxygen atoms in total. The van der Waals surface area contributed by atoms with E-state index in [-0.39, 0.29) is 24.4 Å². The minimum absolute atomic E-state index is 0. The zero-order valence-electron chi connectivity index (χ0n) is 12.2. The Hall–Kier alpha value is -0.320. The summed E-state index contributed by atoms with van der Waals surface area (Å²) in [4.78, 5) is 12.0. The quantitative estimate of drug-likeness (QED) is 0.812. The number of hydrogen-bond donors (Lipinski definition) is 2. The lowest BCUT2D eigenvalue weighted by molar-refractivity contribution is -0.124. The fourth-order valence-electron chi connectivity index (χ4n) is 4.97. The van der Waals surface area contributed by atoms with Gasteiger partial charge in [-0.15, -0.1) is 12.4 Å². The Morgan fingerprint density at radius 1 is 1.30 bits per heavy atom. The van der Waals surface area contributed by atoms with E-state index < -0.39 is 0 Å². The van der Waals surface area contributed by atoms with E-state index in [9.17, 15) is 4.79 Å². The second-order valence-corrected chi connectivity index (χ2v) is 6.63. The molecule has 0 aromatic rings. The number of fused-ring (bicyclic) bond motifs is 5. The molecule has 3 aliphatic rings. The van der Waals surface area contributed by atoms with Gasteiger partial charge in [0.05, 0.1) is 12.5 Å². The first-order valence-corrected chi connectivity index (χ1v) is 7.75. The highest BCUT2D eigenvalue weighted by Gasteiger charge is 2.53. The van der Waals surface area contributed by atoms with Crippen molar-refractivity contribution in [2.75, 3.05) is 13.7 Å². The molecule has 5 heteroatoms. The van der Waals surface area contributed by atoms with Crippen LogP contribution in [-0.4, -0.2) is 31.7 Å². The predicted octanol–water partition coefficient (Wildman–Crippen LogP) is 1.71. The Balaban J connectivity index is 0.00000147. The molecule has 20 heavy (non-hydrogen) atoms. The van der Waals surface area contributed by atoms with E-state index in [2.05, 4.69) is 5.32 Å². The number of hydrogen-bond acceptors (Lipinski definition) is 3. The van der Waals surface area contributed by atoms with Crippen LogP contribution in [0, 0.1) is 23.7 Å². The third kappa shape index (κ3) is 2.83. The van der Waals surface area contributed by atoms with E-state index in [0.29, 0.717) is 19.0 Å². The first kappa shape index (κ1) is 16.1. The molecule has 6 unspecified atom stereocenters. The molecular weight excluding hydrogens is 276 g/mol. The second kappa shape index (κ2) is 6.63. The van der Waals surface area contributed by atoms with Crippen molar-refractivity contribution in [3.8, 4) is 0 Å². The first-order chi connectivity index (χ1) is 9.22. The predicted molar refractivity (Wildman–Crippen MR) is 80.7 cm³/mol. The molecule has 0 aliphatic heterocycles. The number of carbonyl (C=O) groups excluding carboxylic acids is 1. The third-order valence-corrected chi connectivity index (χ3v) is 5.78.